The van der Waals surface area contributed by atoms with Crippen LogP contribution in [0.2, 0.25) is 0 Å². The number of para-hydroxylation sites is 1. The second-order valence-corrected chi connectivity index (χ2v) is 7.48. The summed E-state index contributed by atoms with van der Waals surface area (Å²) in [4.78, 5) is 11.8. The molecule has 3 heterocycles. The number of benzene rings is 1. The Morgan fingerprint density at radius 2 is 2.00 bits per heavy atom. The molecule has 3 aromatic rings. The maximum atomic E-state index is 5.50. The SMILES string of the molecule is COc1ccccc1Cc1cccc(C2CCCN(Cc3cccnc3)C2)n1. The zero-order valence-electron chi connectivity index (χ0n) is 16.4. The lowest BCUT2D eigenvalue weighted by Crippen LogP contribution is -2.34. The van der Waals surface area contributed by atoms with Crippen LogP contribution in [0.3, 0.4) is 0 Å². The minimum absolute atomic E-state index is 0.489. The molecule has 1 atom stereocenters. The van der Waals surface area contributed by atoms with Gasteiger partial charge in [0.25, 0.3) is 0 Å². The molecule has 4 nitrogen and oxygen atoms in total. The molecule has 1 unspecified atom stereocenters. The molecule has 0 amide bonds. The Hall–Kier alpha value is -2.72. The van der Waals surface area contributed by atoms with E-state index in [1.807, 2.05) is 30.6 Å². The highest BCUT2D eigenvalue weighted by atomic mass is 16.5. The van der Waals surface area contributed by atoms with Gasteiger partial charge in [-0.15, -0.1) is 0 Å². The minimum atomic E-state index is 0.489. The topological polar surface area (TPSA) is 38.2 Å². The second kappa shape index (κ2) is 8.98. The number of piperidine rings is 1. The first-order chi connectivity index (χ1) is 13.8. The van der Waals surface area contributed by atoms with Crippen molar-refractivity contribution in [3.63, 3.8) is 0 Å². The fraction of sp³-hybridized carbons (Fsp3) is 0.333. The molecule has 0 N–H and O–H groups in total. The molecule has 0 radical (unpaired) electrons. The van der Waals surface area contributed by atoms with Gasteiger partial charge in [-0.1, -0.05) is 30.3 Å². The molecule has 4 heteroatoms. The monoisotopic (exact) mass is 373 g/mol. The van der Waals surface area contributed by atoms with E-state index >= 15 is 0 Å². The van der Waals surface area contributed by atoms with E-state index < -0.39 is 0 Å². The van der Waals surface area contributed by atoms with E-state index in [9.17, 15) is 0 Å². The smallest absolute Gasteiger partial charge is 0.122 e. The summed E-state index contributed by atoms with van der Waals surface area (Å²) in [5.41, 5.74) is 4.77. The van der Waals surface area contributed by atoms with Crippen molar-refractivity contribution in [2.45, 2.75) is 31.7 Å². The van der Waals surface area contributed by atoms with Crippen LogP contribution in [-0.2, 0) is 13.0 Å². The van der Waals surface area contributed by atoms with Gasteiger partial charge in [-0.05, 0) is 49.2 Å². The van der Waals surface area contributed by atoms with Gasteiger partial charge in [-0.25, -0.2) is 0 Å². The summed E-state index contributed by atoms with van der Waals surface area (Å²) in [7, 11) is 1.72. The molecule has 1 saturated heterocycles. The highest BCUT2D eigenvalue weighted by Gasteiger charge is 2.22. The third-order valence-electron chi connectivity index (χ3n) is 5.45. The van der Waals surface area contributed by atoms with Crippen molar-refractivity contribution in [1.29, 1.82) is 0 Å². The maximum absolute atomic E-state index is 5.50. The predicted molar refractivity (Wildman–Crippen MR) is 112 cm³/mol. The molecular weight excluding hydrogens is 346 g/mol. The van der Waals surface area contributed by atoms with Crippen molar-refractivity contribution in [3.05, 3.63) is 89.5 Å². The number of ether oxygens (including phenoxy) is 1. The summed E-state index contributed by atoms with van der Waals surface area (Å²) in [6.45, 7) is 3.16. The van der Waals surface area contributed by atoms with Crippen molar-refractivity contribution in [1.82, 2.24) is 14.9 Å². The molecule has 0 aliphatic carbocycles. The molecule has 1 aliphatic heterocycles. The van der Waals surface area contributed by atoms with E-state index in [1.54, 1.807) is 7.11 Å². The van der Waals surface area contributed by atoms with Crippen LogP contribution in [0.5, 0.6) is 5.75 Å². The average Bonchev–Trinajstić information content (AvgIpc) is 2.75. The molecule has 0 bridgehead atoms. The second-order valence-electron chi connectivity index (χ2n) is 7.48. The Kier molecular flexibility index (Phi) is 5.98. The zero-order chi connectivity index (χ0) is 19.2. The van der Waals surface area contributed by atoms with Crippen LogP contribution in [-0.4, -0.2) is 35.1 Å². The van der Waals surface area contributed by atoms with Crippen LogP contribution in [0.1, 0.15) is 41.3 Å². The van der Waals surface area contributed by atoms with Gasteiger partial charge in [0.2, 0.25) is 0 Å². The number of rotatable bonds is 6. The number of hydrogen-bond acceptors (Lipinski definition) is 4. The van der Waals surface area contributed by atoms with Gasteiger partial charge in [-0.3, -0.25) is 14.9 Å². The summed E-state index contributed by atoms with van der Waals surface area (Å²) < 4.78 is 5.50. The van der Waals surface area contributed by atoms with E-state index in [0.717, 1.165) is 37.5 Å². The Bertz CT molecular complexity index is 897. The van der Waals surface area contributed by atoms with E-state index in [2.05, 4.69) is 46.3 Å². The number of hydrogen-bond donors (Lipinski definition) is 0. The van der Waals surface area contributed by atoms with Crippen LogP contribution >= 0.6 is 0 Å². The van der Waals surface area contributed by atoms with Gasteiger partial charge in [0.1, 0.15) is 5.75 Å². The zero-order valence-corrected chi connectivity index (χ0v) is 16.4. The number of pyridine rings is 2. The molecule has 0 saturated carbocycles. The lowest BCUT2D eigenvalue weighted by atomic mass is 9.93. The number of methoxy groups -OCH3 is 1. The van der Waals surface area contributed by atoms with Gasteiger partial charge < -0.3 is 4.74 Å². The third kappa shape index (κ3) is 4.57. The molecule has 28 heavy (non-hydrogen) atoms. The number of likely N-dealkylation sites (tertiary alicyclic amines) is 1. The normalized spacial score (nSPS) is 17.4. The Morgan fingerprint density at radius 3 is 2.86 bits per heavy atom. The van der Waals surface area contributed by atoms with Crippen molar-refractivity contribution < 1.29 is 4.74 Å². The summed E-state index contributed by atoms with van der Waals surface area (Å²) in [6.07, 6.45) is 7.01. The summed E-state index contributed by atoms with van der Waals surface area (Å²) in [5, 5.41) is 0. The highest BCUT2D eigenvalue weighted by Crippen LogP contribution is 2.27. The molecule has 4 rings (SSSR count). The van der Waals surface area contributed by atoms with Crippen molar-refractivity contribution in [2.24, 2.45) is 0 Å². The largest absolute Gasteiger partial charge is 0.496 e. The van der Waals surface area contributed by atoms with Gasteiger partial charge in [0.05, 0.1) is 7.11 Å². The first-order valence-electron chi connectivity index (χ1n) is 10.0. The first-order valence-corrected chi connectivity index (χ1v) is 10.0. The summed E-state index contributed by atoms with van der Waals surface area (Å²) in [6, 6.07) is 18.8. The lowest BCUT2D eigenvalue weighted by Gasteiger charge is -2.32. The van der Waals surface area contributed by atoms with Crippen LogP contribution in [0, 0.1) is 0 Å². The molecule has 1 aromatic carbocycles. The Balaban J connectivity index is 1.46. The molecule has 1 aliphatic rings. The Labute approximate surface area is 167 Å². The molecule has 144 valence electrons. The summed E-state index contributed by atoms with van der Waals surface area (Å²) in [5.74, 6) is 1.41. The number of aromatic nitrogens is 2. The molecular formula is C24H27N3O. The van der Waals surface area contributed by atoms with Gasteiger partial charge in [0, 0.05) is 54.8 Å². The van der Waals surface area contributed by atoms with Crippen molar-refractivity contribution in [3.8, 4) is 5.75 Å². The van der Waals surface area contributed by atoms with Crippen LogP contribution < -0.4 is 4.74 Å². The Morgan fingerprint density at radius 1 is 1.07 bits per heavy atom. The van der Waals surface area contributed by atoms with Crippen LogP contribution in [0.15, 0.2) is 67.0 Å². The van der Waals surface area contributed by atoms with Crippen LogP contribution in [0.25, 0.3) is 0 Å². The predicted octanol–water partition coefficient (Wildman–Crippen LogP) is 4.46. The minimum Gasteiger partial charge on any atom is -0.496 e. The van der Waals surface area contributed by atoms with Gasteiger partial charge in [0.15, 0.2) is 0 Å². The van der Waals surface area contributed by atoms with Crippen molar-refractivity contribution >= 4 is 0 Å². The van der Waals surface area contributed by atoms with E-state index in [1.165, 1.54) is 29.7 Å². The standard InChI is InChI=1S/C24H27N3O/c1-28-24-12-3-2-8-20(24)15-22-10-4-11-23(26-22)21-9-6-14-27(18-21)17-19-7-5-13-25-16-19/h2-5,7-8,10-13,16,21H,6,9,14-15,17-18H2,1H3. The maximum Gasteiger partial charge on any atom is 0.122 e. The quantitative estimate of drug-likeness (QED) is 0.640. The average molecular weight is 374 g/mol. The number of nitrogens with zero attached hydrogens (tertiary/aromatic N) is 3. The van der Waals surface area contributed by atoms with Gasteiger partial charge in [-0.2, -0.15) is 0 Å². The first kappa shape index (κ1) is 18.6. The fourth-order valence-electron chi connectivity index (χ4n) is 4.06. The van der Waals surface area contributed by atoms with E-state index in [4.69, 9.17) is 9.72 Å². The van der Waals surface area contributed by atoms with E-state index in [-0.39, 0.29) is 0 Å². The molecule has 2 aromatic heterocycles. The fourth-order valence-corrected chi connectivity index (χ4v) is 4.06. The summed E-state index contributed by atoms with van der Waals surface area (Å²) >= 11 is 0. The highest BCUT2D eigenvalue weighted by molar-refractivity contribution is 5.36. The van der Waals surface area contributed by atoms with Gasteiger partial charge >= 0.3 is 0 Å². The van der Waals surface area contributed by atoms with Crippen LogP contribution in [0.4, 0.5) is 0 Å². The van der Waals surface area contributed by atoms with Crippen molar-refractivity contribution in [2.75, 3.05) is 20.2 Å². The third-order valence-corrected chi connectivity index (χ3v) is 5.45. The molecule has 1 fully saturated rings. The lowest BCUT2D eigenvalue weighted by molar-refractivity contribution is 0.198. The van der Waals surface area contributed by atoms with E-state index in [0.29, 0.717) is 5.92 Å². The molecule has 0 spiro atoms.